The van der Waals surface area contributed by atoms with Crippen molar-refractivity contribution in [2.24, 2.45) is 11.3 Å². The van der Waals surface area contributed by atoms with Crippen molar-refractivity contribution < 1.29 is 38.2 Å². The van der Waals surface area contributed by atoms with Crippen LogP contribution in [0.15, 0.2) is 22.7 Å². The monoisotopic (exact) mass is 523 g/mol. The number of carbonyl (C=O) groups excluding carboxylic acids is 5. The number of ketones is 1. The van der Waals surface area contributed by atoms with Crippen molar-refractivity contribution in [1.82, 2.24) is 0 Å². The summed E-state index contributed by atoms with van der Waals surface area (Å²) in [4.78, 5) is 67.2. The van der Waals surface area contributed by atoms with Crippen LogP contribution in [0.3, 0.4) is 0 Å². The van der Waals surface area contributed by atoms with Crippen molar-refractivity contribution in [1.29, 1.82) is 0 Å². The molecule has 1 aliphatic carbocycles. The van der Waals surface area contributed by atoms with E-state index in [0.717, 1.165) is 11.8 Å². The van der Waals surface area contributed by atoms with Gasteiger partial charge in [-0.3, -0.25) is 19.2 Å². The summed E-state index contributed by atoms with van der Waals surface area (Å²) in [6.45, 7) is 9.06. The number of esters is 2. The van der Waals surface area contributed by atoms with Crippen molar-refractivity contribution in [2.45, 2.75) is 52.6 Å². The quantitative estimate of drug-likeness (QED) is 0.327. The van der Waals surface area contributed by atoms with Gasteiger partial charge in [-0.15, -0.1) is 0 Å². The lowest BCUT2D eigenvalue weighted by Gasteiger charge is -2.24. The van der Waals surface area contributed by atoms with Gasteiger partial charge in [0.1, 0.15) is 22.7 Å². The molecule has 3 atom stereocenters. The minimum Gasteiger partial charge on any atom is -0.466 e. The fourth-order valence-electron chi connectivity index (χ4n) is 4.77. The second kappa shape index (κ2) is 8.23. The molecule has 178 valence electrons. The zero-order valence-electron chi connectivity index (χ0n) is 19.3. The Hall–Kier alpha value is -2.75. The molecule has 0 saturated heterocycles. The minimum atomic E-state index is -2.17. The van der Waals surface area contributed by atoms with E-state index in [1.165, 1.54) is 12.1 Å². The van der Waals surface area contributed by atoms with Gasteiger partial charge >= 0.3 is 18.0 Å². The average Bonchev–Trinajstić information content (AvgIpc) is 3.27. The van der Waals surface area contributed by atoms with Crippen molar-refractivity contribution >= 4 is 51.3 Å². The van der Waals surface area contributed by atoms with E-state index in [-0.39, 0.29) is 24.5 Å². The molecular weight excluding hydrogens is 498 g/mol. The Kier molecular flexibility index (Phi) is 6.21. The number of amides is 2. The number of imide groups is 1. The number of hydrogen-bond acceptors (Lipinski definition) is 8. The van der Waals surface area contributed by atoms with Crippen LogP contribution in [0.4, 0.5) is 10.5 Å². The summed E-state index contributed by atoms with van der Waals surface area (Å²) in [6.07, 6.45) is -0.983. The lowest BCUT2D eigenvalue weighted by atomic mass is 9.84. The lowest BCUT2D eigenvalue weighted by molar-refractivity contribution is -0.159. The Morgan fingerprint density at radius 3 is 2.21 bits per heavy atom. The standard InChI is InChI=1S/C23H26BrNO8/c1-7-31-17(27)16-22(12(3)26,19(29)32-8-2)23(16)14-11-13(24)9-10-15(14)25(18(23)28)20(30)33-21(4,5)6/h9-11,16H,7-8H2,1-6H3/t16-,22+,23+/m0/s1. The second-order valence-corrected chi connectivity index (χ2v) is 9.78. The first kappa shape index (κ1) is 24.9. The van der Waals surface area contributed by atoms with Gasteiger partial charge in [0.25, 0.3) is 0 Å². The number of benzene rings is 1. The maximum atomic E-state index is 14.0. The predicted molar refractivity (Wildman–Crippen MR) is 119 cm³/mol. The van der Waals surface area contributed by atoms with Crippen molar-refractivity contribution in [3.05, 3.63) is 28.2 Å². The van der Waals surface area contributed by atoms with E-state index in [0.29, 0.717) is 4.47 Å². The SMILES string of the molecule is CCOC(=O)[C@H]1[C@](C(C)=O)(C(=O)OCC)[C@@]12C(=O)N(C(=O)OC(C)(C)C)c1ccc(Br)cc12. The van der Waals surface area contributed by atoms with Crippen LogP contribution in [0.1, 0.15) is 47.1 Å². The van der Waals surface area contributed by atoms with Gasteiger partial charge in [-0.25, -0.2) is 9.69 Å². The number of anilines is 1. The number of hydrogen-bond donors (Lipinski definition) is 0. The first-order valence-electron chi connectivity index (χ1n) is 10.5. The highest BCUT2D eigenvalue weighted by atomic mass is 79.9. The molecule has 1 aliphatic heterocycles. The average molecular weight is 524 g/mol. The molecule has 0 bridgehead atoms. The largest absolute Gasteiger partial charge is 0.466 e. The topological polar surface area (TPSA) is 116 Å². The van der Waals surface area contributed by atoms with Crippen LogP contribution in [0.2, 0.25) is 0 Å². The molecule has 1 aromatic carbocycles. The molecule has 1 spiro atoms. The fraction of sp³-hybridized carbons (Fsp3) is 0.522. The van der Waals surface area contributed by atoms with Gasteiger partial charge in [-0.2, -0.15) is 0 Å². The summed E-state index contributed by atoms with van der Waals surface area (Å²) in [7, 11) is 0. The summed E-state index contributed by atoms with van der Waals surface area (Å²) in [5, 5.41) is 0. The molecular formula is C23H26BrNO8. The minimum absolute atomic E-state index is 0.0302. The predicted octanol–water partition coefficient (Wildman–Crippen LogP) is 3.30. The number of halogens is 1. The molecule has 0 radical (unpaired) electrons. The first-order chi connectivity index (χ1) is 15.3. The summed E-state index contributed by atoms with van der Waals surface area (Å²) < 4.78 is 16.3. The normalized spacial score (nSPS) is 25.5. The smallest absolute Gasteiger partial charge is 0.421 e. The molecule has 2 amide bonds. The van der Waals surface area contributed by atoms with E-state index in [9.17, 15) is 24.0 Å². The maximum Gasteiger partial charge on any atom is 0.421 e. The van der Waals surface area contributed by atoms with Gasteiger partial charge in [0.15, 0.2) is 5.41 Å². The number of carbonyl (C=O) groups is 5. The summed E-state index contributed by atoms with van der Waals surface area (Å²) in [5.74, 6) is -5.04. The van der Waals surface area contributed by atoms with Crippen LogP contribution in [-0.2, 0) is 38.8 Å². The number of nitrogens with zero attached hydrogens (tertiary/aromatic N) is 1. The van der Waals surface area contributed by atoms with E-state index < -0.39 is 52.1 Å². The van der Waals surface area contributed by atoms with Gasteiger partial charge in [-0.05, 0) is 65.3 Å². The van der Waals surface area contributed by atoms with Crippen molar-refractivity contribution in [2.75, 3.05) is 18.1 Å². The van der Waals surface area contributed by atoms with Gasteiger partial charge < -0.3 is 14.2 Å². The third-order valence-corrected chi connectivity index (χ3v) is 6.31. The fourth-order valence-corrected chi connectivity index (χ4v) is 5.13. The first-order valence-corrected chi connectivity index (χ1v) is 11.3. The Morgan fingerprint density at radius 2 is 1.70 bits per heavy atom. The zero-order valence-corrected chi connectivity index (χ0v) is 20.9. The Bertz CT molecular complexity index is 1060. The highest BCUT2D eigenvalue weighted by Gasteiger charge is 2.93. The Morgan fingerprint density at radius 1 is 1.09 bits per heavy atom. The molecule has 0 unspecified atom stereocenters. The molecule has 1 heterocycles. The molecule has 1 aromatic rings. The molecule has 1 saturated carbocycles. The van der Waals surface area contributed by atoms with Crippen LogP contribution in [-0.4, -0.2) is 48.5 Å². The van der Waals surface area contributed by atoms with Gasteiger partial charge in [0.05, 0.1) is 18.9 Å². The molecule has 1 fully saturated rings. The molecule has 2 aliphatic rings. The Labute approximate surface area is 199 Å². The highest BCUT2D eigenvalue weighted by Crippen LogP contribution is 2.75. The number of fused-ring (bicyclic) bond motifs is 2. The van der Waals surface area contributed by atoms with Crippen LogP contribution in [0.25, 0.3) is 0 Å². The third kappa shape index (κ3) is 3.37. The van der Waals surface area contributed by atoms with Gasteiger partial charge in [0, 0.05) is 4.47 Å². The van der Waals surface area contributed by atoms with Gasteiger partial charge in [-0.1, -0.05) is 15.9 Å². The van der Waals surface area contributed by atoms with Gasteiger partial charge in [0.2, 0.25) is 5.91 Å². The van der Waals surface area contributed by atoms with E-state index >= 15 is 0 Å². The van der Waals surface area contributed by atoms with E-state index in [1.54, 1.807) is 40.7 Å². The van der Waals surface area contributed by atoms with Crippen LogP contribution < -0.4 is 4.90 Å². The molecule has 0 N–H and O–H groups in total. The molecule has 3 rings (SSSR count). The summed E-state index contributed by atoms with van der Waals surface area (Å²) in [5.41, 5.74) is -4.79. The number of Topliss-reactive ketones (excluding diaryl/α,β-unsaturated/α-hetero) is 1. The molecule has 0 aromatic heterocycles. The van der Waals surface area contributed by atoms with Crippen LogP contribution in [0, 0.1) is 11.3 Å². The van der Waals surface area contributed by atoms with E-state index in [2.05, 4.69) is 15.9 Å². The summed E-state index contributed by atoms with van der Waals surface area (Å²) in [6, 6.07) is 4.62. The molecule has 33 heavy (non-hydrogen) atoms. The summed E-state index contributed by atoms with van der Waals surface area (Å²) >= 11 is 3.34. The molecule has 10 heteroatoms. The third-order valence-electron chi connectivity index (χ3n) is 5.82. The lowest BCUT2D eigenvalue weighted by Crippen LogP contribution is -2.45. The van der Waals surface area contributed by atoms with E-state index in [1.807, 2.05) is 0 Å². The van der Waals surface area contributed by atoms with Crippen LogP contribution in [0.5, 0.6) is 0 Å². The second-order valence-electron chi connectivity index (χ2n) is 8.86. The van der Waals surface area contributed by atoms with Crippen molar-refractivity contribution in [3.8, 4) is 0 Å². The maximum absolute atomic E-state index is 14.0. The molecule has 9 nitrogen and oxygen atoms in total. The number of ether oxygens (including phenoxy) is 3. The Balaban J connectivity index is 2.32. The highest BCUT2D eigenvalue weighted by molar-refractivity contribution is 9.10. The zero-order chi connectivity index (χ0) is 24.9. The van der Waals surface area contributed by atoms with E-state index in [4.69, 9.17) is 14.2 Å². The van der Waals surface area contributed by atoms with Crippen LogP contribution >= 0.6 is 15.9 Å². The van der Waals surface area contributed by atoms with Crippen molar-refractivity contribution in [3.63, 3.8) is 0 Å². The number of rotatable bonds is 5.